The third-order valence-corrected chi connectivity index (χ3v) is 7.69. The van der Waals surface area contributed by atoms with Crippen molar-refractivity contribution in [1.29, 1.82) is 0 Å². The number of thioether (sulfide) groups is 1. The summed E-state index contributed by atoms with van der Waals surface area (Å²) in [6.45, 7) is 2.26. The van der Waals surface area contributed by atoms with Crippen LogP contribution in [0.25, 0.3) is 0 Å². The number of amides is 2. The number of anilines is 1. The van der Waals surface area contributed by atoms with Crippen LogP contribution in [0.4, 0.5) is 14.5 Å². The van der Waals surface area contributed by atoms with E-state index in [1.807, 2.05) is 25.1 Å². The van der Waals surface area contributed by atoms with Crippen LogP contribution >= 0.6 is 11.8 Å². The molecule has 0 bridgehead atoms. The van der Waals surface area contributed by atoms with E-state index in [1.54, 1.807) is 36.3 Å². The number of nitrogens with zero attached hydrogens (tertiary/aromatic N) is 2. The van der Waals surface area contributed by atoms with Gasteiger partial charge in [0.1, 0.15) is 17.4 Å². The zero-order valence-corrected chi connectivity index (χ0v) is 19.5. The summed E-state index contributed by atoms with van der Waals surface area (Å²) in [6, 6.07) is 15.7. The molecule has 0 unspecified atom stereocenters. The first kappa shape index (κ1) is 22.4. The van der Waals surface area contributed by atoms with Gasteiger partial charge in [0.15, 0.2) is 4.87 Å². The molecule has 0 saturated carbocycles. The van der Waals surface area contributed by atoms with Crippen molar-refractivity contribution in [3.63, 3.8) is 0 Å². The van der Waals surface area contributed by atoms with Crippen LogP contribution in [0.5, 0.6) is 5.75 Å². The van der Waals surface area contributed by atoms with Gasteiger partial charge < -0.3 is 14.5 Å². The molecule has 3 aromatic rings. The SMILES string of the molecule is COc1ccc(C(=O)N2CCS[C@@]23C(=O)N(Cc2ccc(F)cc2F)c2ccc(C)cc23)cc1. The van der Waals surface area contributed by atoms with Crippen molar-refractivity contribution in [2.24, 2.45) is 0 Å². The Morgan fingerprint density at radius 2 is 1.85 bits per heavy atom. The lowest BCUT2D eigenvalue weighted by Crippen LogP contribution is -2.50. The molecule has 0 radical (unpaired) electrons. The standard InChI is InChI=1S/C26H22F2N2O3S/c1-16-3-10-23-21(13-16)26(25(32)29(23)15-18-4-7-19(27)14-22(18)28)30(11-12-34-26)24(31)17-5-8-20(33-2)9-6-17/h3-10,13-14H,11-12,15H2,1-2H3/t26-/m0/s1. The normalized spacial score (nSPS) is 19.1. The van der Waals surface area contributed by atoms with E-state index in [0.29, 0.717) is 34.9 Å². The molecular weight excluding hydrogens is 458 g/mol. The zero-order valence-electron chi connectivity index (χ0n) is 18.7. The summed E-state index contributed by atoms with van der Waals surface area (Å²) in [5, 5.41) is 0. The van der Waals surface area contributed by atoms with Crippen LogP contribution in [0.1, 0.15) is 27.0 Å². The fourth-order valence-corrected chi connectivity index (χ4v) is 6.05. The molecule has 3 aromatic carbocycles. The summed E-state index contributed by atoms with van der Waals surface area (Å²) in [5.41, 5.74) is 2.94. The maximum Gasteiger partial charge on any atom is 0.268 e. The minimum absolute atomic E-state index is 0.0616. The number of rotatable bonds is 4. The minimum atomic E-state index is -1.24. The molecule has 174 valence electrons. The largest absolute Gasteiger partial charge is 0.497 e. The third-order valence-electron chi connectivity index (χ3n) is 6.27. The van der Waals surface area contributed by atoms with Crippen molar-refractivity contribution in [3.05, 3.63) is 94.6 Å². The predicted molar refractivity (Wildman–Crippen MR) is 127 cm³/mol. The Hall–Kier alpha value is -3.39. The van der Waals surface area contributed by atoms with Crippen LogP contribution in [-0.2, 0) is 16.2 Å². The van der Waals surface area contributed by atoms with E-state index in [2.05, 4.69) is 0 Å². The molecule has 2 amide bonds. The molecule has 1 saturated heterocycles. The van der Waals surface area contributed by atoms with Gasteiger partial charge in [-0.1, -0.05) is 23.8 Å². The first-order valence-electron chi connectivity index (χ1n) is 10.8. The van der Waals surface area contributed by atoms with Gasteiger partial charge in [-0.3, -0.25) is 9.59 Å². The molecule has 1 fully saturated rings. The summed E-state index contributed by atoms with van der Waals surface area (Å²) < 4.78 is 33.1. The average Bonchev–Trinajstić information content (AvgIpc) is 3.37. The Balaban J connectivity index is 1.58. The molecule has 8 heteroatoms. The monoisotopic (exact) mass is 480 g/mol. The van der Waals surface area contributed by atoms with E-state index < -0.39 is 16.5 Å². The molecule has 1 atom stereocenters. The lowest BCUT2D eigenvalue weighted by atomic mass is 10.0. The van der Waals surface area contributed by atoms with Gasteiger partial charge in [0, 0.05) is 35.1 Å². The molecule has 34 heavy (non-hydrogen) atoms. The second-order valence-electron chi connectivity index (χ2n) is 8.33. The molecule has 2 heterocycles. The van der Waals surface area contributed by atoms with Crippen molar-refractivity contribution in [3.8, 4) is 5.75 Å². The fourth-order valence-electron chi connectivity index (χ4n) is 4.60. The van der Waals surface area contributed by atoms with Crippen LogP contribution in [0.3, 0.4) is 0 Å². The molecule has 2 aliphatic rings. The van der Waals surface area contributed by atoms with E-state index in [4.69, 9.17) is 4.74 Å². The number of carbonyl (C=O) groups excluding carboxylic acids is 2. The second kappa shape index (κ2) is 8.43. The van der Waals surface area contributed by atoms with Gasteiger partial charge >= 0.3 is 0 Å². The highest BCUT2D eigenvalue weighted by atomic mass is 32.2. The molecule has 0 aromatic heterocycles. The molecule has 0 N–H and O–H groups in total. The molecule has 5 nitrogen and oxygen atoms in total. The average molecular weight is 481 g/mol. The van der Waals surface area contributed by atoms with Gasteiger partial charge in [0.05, 0.1) is 19.3 Å². The Morgan fingerprint density at radius 3 is 2.56 bits per heavy atom. The van der Waals surface area contributed by atoms with Gasteiger partial charge in [-0.15, -0.1) is 11.8 Å². The molecular formula is C26H22F2N2O3S. The van der Waals surface area contributed by atoms with Crippen molar-refractivity contribution in [2.75, 3.05) is 24.3 Å². The van der Waals surface area contributed by atoms with E-state index in [9.17, 15) is 18.4 Å². The Morgan fingerprint density at radius 1 is 1.09 bits per heavy atom. The molecule has 2 aliphatic heterocycles. The highest BCUT2D eigenvalue weighted by Gasteiger charge is 2.59. The summed E-state index contributed by atoms with van der Waals surface area (Å²) >= 11 is 1.41. The molecule has 1 spiro atoms. The van der Waals surface area contributed by atoms with Gasteiger partial charge in [-0.05, 0) is 43.3 Å². The van der Waals surface area contributed by atoms with E-state index in [0.717, 1.165) is 11.6 Å². The highest BCUT2D eigenvalue weighted by molar-refractivity contribution is 8.01. The quantitative estimate of drug-likeness (QED) is 0.535. The van der Waals surface area contributed by atoms with E-state index in [-0.39, 0.29) is 23.9 Å². The maximum atomic E-state index is 14.5. The van der Waals surface area contributed by atoms with Crippen LogP contribution in [0, 0.1) is 18.6 Å². The van der Waals surface area contributed by atoms with Gasteiger partial charge in [0.2, 0.25) is 0 Å². The Labute approximate surface area is 200 Å². The number of hydrogen-bond acceptors (Lipinski definition) is 4. The van der Waals surface area contributed by atoms with Crippen LogP contribution in [0.15, 0.2) is 60.7 Å². The molecule has 0 aliphatic carbocycles. The number of halogens is 2. The van der Waals surface area contributed by atoms with Crippen molar-refractivity contribution < 1.29 is 23.1 Å². The summed E-state index contributed by atoms with van der Waals surface area (Å²) in [5.74, 6) is -0.742. The van der Waals surface area contributed by atoms with Crippen LogP contribution in [0.2, 0.25) is 0 Å². The van der Waals surface area contributed by atoms with Crippen LogP contribution < -0.4 is 9.64 Å². The van der Waals surface area contributed by atoms with E-state index in [1.165, 1.54) is 28.8 Å². The second-order valence-corrected chi connectivity index (χ2v) is 9.61. The van der Waals surface area contributed by atoms with Gasteiger partial charge in [-0.2, -0.15) is 0 Å². The minimum Gasteiger partial charge on any atom is -0.497 e. The summed E-state index contributed by atoms with van der Waals surface area (Å²) in [7, 11) is 1.55. The van der Waals surface area contributed by atoms with Gasteiger partial charge in [0.25, 0.3) is 11.8 Å². The number of aryl methyl sites for hydroxylation is 1. The number of methoxy groups -OCH3 is 1. The predicted octanol–water partition coefficient (Wildman–Crippen LogP) is 4.87. The fraction of sp³-hybridized carbons (Fsp3) is 0.231. The Kier molecular flexibility index (Phi) is 5.56. The first-order valence-corrected chi connectivity index (χ1v) is 11.8. The van der Waals surface area contributed by atoms with Crippen molar-refractivity contribution in [1.82, 2.24) is 4.90 Å². The highest BCUT2D eigenvalue weighted by Crippen LogP contribution is 2.55. The zero-order chi connectivity index (χ0) is 24.0. The first-order chi connectivity index (χ1) is 16.3. The number of ether oxygens (including phenoxy) is 1. The van der Waals surface area contributed by atoms with E-state index >= 15 is 0 Å². The van der Waals surface area contributed by atoms with Crippen molar-refractivity contribution in [2.45, 2.75) is 18.3 Å². The topological polar surface area (TPSA) is 49.9 Å². The number of hydrogen-bond donors (Lipinski definition) is 0. The van der Waals surface area contributed by atoms with Gasteiger partial charge in [-0.25, -0.2) is 8.78 Å². The summed E-state index contributed by atoms with van der Waals surface area (Å²) in [6.07, 6.45) is 0. The van der Waals surface area contributed by atoms with Crippen molar-refractivity contribution >= 4 is 29.3 Å². The number of benzene rings is 3. The maximum absolute atomic E-state index is 14.5. The lowest BCUT2D eigenvalue weighted by Gasteiger charge is -2.33. The lowest BCUT2D eigenvalue weighted by molar-refractivity contribution is -0.123. The molecule has 5 rings (SSSR count). The Bertz CT molecular complexity index is 1300. The van der Waals surface area contributed by atoms with Crippen LogP contribution in [-0.4, -0.2) is 36.1 Å². The number of carbonyl (C=O) groups is 2. The third kappa shape index (κ3) is 3.44. The summed E-state index contributed by atoms with van der Waals surface area (Å²) in [4.78, 5) is 29.5. The smallest absolute Gasteiger partial charge is 0.268 e. The number of fused-ring (bicyclic) bond motifs is 2.